The van der Waals surface area contributed by atoms with E-state index < -0.39 is 5.97 Å². The number of carbonyl (C=O) groups is 1. The number of benzene rings is 1. The lowest BCUT2D eigenvalue weighted by Gasteiger charge is -2.28. The molecule has 116 valence electrons. The van der Waals surface area contributed by atoms with Crippen LogP contribution in [0.1, 0.15) is 24.3 Å². The van der Waals surface area contributed by atoms with Crippen LogP contribution in [0.25, 0.3) is 11.4 Å². The topological polar surface area (TPSA) is 79.5 Å². The lowest BCUT2D eigenvalue weighted by atomic mass is 9.97. The Morgan fingerprint density at radius 3 is 2.86 bits per heavy atom. The highest BCUT2D eigenvalue weighted by molar-refractivity contribution is 5.70. The van der Waals surface area contributed by atoms with Crippen LogP contribution in [0.5, 0.6) is 0 Å². The second-order valence-electron chi connectivity index (χ2n) is 5.77. The van der Waals surface area contributed by atoms with Gasteiger partial charge in [-0.05, 0) is 38.9 Å². The van der Waals surface area contributed by atoms with Crippen molar-refractivity contribution in [2.45, 2.75) is 26.3 Å². The van der Waals surface area contributed by atoms with Crippen molar-refractivity contribution in [1.29, 1.82) is 0 Å². The SMILES string of the molecule is Cc1cccc(-c2noc(CN3CCC(C(=O)O)CC3)n2)c1. The van der Waals surface area contributed by atoms with Crippen molar-refractivity contribution >= 4 is 5.97 Å². The standard InChI is InChI=1S/C16H19N3O3/c1-11-3-2-4-13(9-11)15-17-14(22-18-15)10-19-7-5-12(6-8-19)16(20)21/h2-4,9,12H,5-8,10H2,1H3,(H,20,21). The summed E-state index contributed by atoms with van der Waals surface area (Å²) in [6, 6.07) is 7.97. The smallest absolute Gasteiger partial charge is 0.306 e. The zero-order valence-corrected chi connectivity index (χ0v) is 12.5. The predicted octanol–water partition coefficient (Wildman–Crippen LogP) is 2.34. The van der Waals surface area contributed by atoms with Crippen molar-refractivity contribution in [2.75, 3.05) is 13.1 Å². The van der Waals surface area contributed by atoms with Gasteiger partial charge in [-0.15, -0.1) is 0 Å². The van der Waals surface area contributed by atoms with E-state index in [4.69, 9.17) is 9.63 Å². The highest BCUT2D eigenvalue weighted by atomic mass is 16.5. The molecule has 1 aliphatic rings. The minimum atomic E-state index is -0.695. The van der Waals surface area contributed by atoms with E-state index in [0.717, 1.165) is 24.2 Å². The zero-order chi connectivity index (χ0) is 15.5. The summed E-state index contributed by atoms with van der Waals surface area (Å²) >= 11 is 0. The molecule has 0 atom stereocenters. The van der Waals surface area contributed by atoms with E-state index in [1.165, 1.54) is 0 Å². The fraction of sp³-hybridized carbons (Fsp3) is 0.438. The molecule has 1 N–H and O–H groups in total. The van der Waals surface area contributed by atoms with Gasteiger partial charge in [-0.25, -0.2) is 0 Å². The summed E-state index contributed by atoms with van der Waals surface area (Å²) in [6.45, 7) is 4.10. The van der Waals surface area contributed by atoms with Crippen molar-refractivity contribution in [3.63, 3.8) is 0 Å². The minimum Gasteiger partial charge on any atom is -0.481 e. The average molecular weight is 301 g/mol. The van der Waals surface area contributed by atoms with Crippen molar-refractivity contribution in [1.82, 2.24) is 15.0 Å². The van der Waals surface area contributed by atoms with Gasteiger partial charge in [-0.2, -0.15) is 4.98 Å². The summed E-state index contributed by atoms with van der Waals surface area (Å²) in [6.07, 6.45) is 1.35. The number of aliphatic carboxylic acids is 1. The van der Waals surface area contributed by atoms with E-state index in [1.807, 2.05) is 31.2 Å². The molecule has 0 radical (unpaired) electrons. The van der Waals surface area contributed by atoms with Crippen LogP contribution in [0.15, 0.2) is 28.8 Å². The van der Waals surface area contributed by atoms with E-state index in [1.54, 1.807) is 0 Å². The molecule has 0 amide bonds. The maximum Gasteiger partial charge on any atom is 0.306 e. The first-order valence-electron chi connectivity index (χ1n) is 7.46. The van der Waals surface area contributed by atoms with Gasteiger partial charge in [0, 0.05) is 5.56 Å². The van der Waals surface area contributed by atoms with Gasteiger partial charge < -0.3 is 9.63 Å². The van der Waals surface area contributed by atoms with Crippen molar-refractivity contribution < 1.29 is 14.4 Å². The Bertz CT molecular complexity index is 660. The molecular formula is C16H19N3O3. The molecule has 3 rings (SSSR count). The van der Waals surface area contributed by atoms with Gasteiger partial charge in [-0.1, -0.05) is 28.9 Å². The average Bonchev–Trinajstić information content (AvgIpc) is 2.96. The van der Waals surface area contributed by atoms with Crippen molar-refractivity contribution in [3.05, 3.63) is 35.7 Å². The molecule has 2 heterocycles. The fourth-order valence-electron chi connectivity index (χ4n) is 2.75. The first-order valence-corrected chi connectivity index (χ1v) is 7.46. The third-order valence-electron chi connectivity index (χ3n) is 4.04. The third kappa shape index (κ3) is 3.33. The number of likely N-dealkylation sites (tertiary alicyclic amines) is 1. The molecular weight excluding hydrogens is 282 g/mol. The molecule has 1 aromatic carbocycles. The van der Waals surface area contributed by atoms with Crippen LogP contribution >= 0.6 is 0 Å². The summed E-state index contributed by atoms with van der Waals surface area (Å²) in [5, 5.41) is 13.0. The molecule has 0 spiro atoms. The summed E-state index contributed by atoms with van der Waals surface area (Å²) in [5.41, 5.74) is 2.10. The normalized spacial score (nSPS) is 16.8. The van der Waals surface area contributed by atoms with E-state index in [2.05, 4.69) is 15.0 Å². The van der Waals surface area contributed by atoms with Crippen LogP contribution < -0.4 is 0 Å². The first-order chi connectivity index (χ1) is 10.6. The quantitative estimate of drug-likeness (QED) is 0.933. The zero-order valence-electron chi connectivity index (χ0n) is 12.5. The second-order valence-corrected chi connectivity index (χ2v) is 5.77. The molecule has 1 aliphatic heterocycles. The molecule has 0 aliphatic carbocycles. The minimum absolute atomic E-state index is 0.221. The lowest BCUT2D eigenvalue weighted by Crippen LogP contribution is -2.35. The Morgan fingerprint density at radius 2 is 2.18 bits per heavy atom. The van der Waals surface area contributed by atoms with Gasteiger partial charge in [0.1, 0.15) is 0 Å². The van der Waals surface area contributed by atoms with Crippen LogP contribution in [0.4, 0.5) is 0 Å². The maximum absolute atomic E-state index is 10.9. The van der Waals surface area contributed by atoms with Crippen LogP contribution in [0.2, 0.25) is 0 Å². The molecule has 6 nitrogen and oxygen atoms in total. The van der Waals surface area contributed by atoms with E-state index in [0.29, 0.717) is 31.1 Å². The van der Waals surface area contributed by atoms with Crippen molar-refractivity contribution in [3.8, 4) is 11.4 Å². The monoisotopic (exact) mass is 301 g/mol. The van der Waals surface area contributed by atoms with Gasteiger partial charge in [-0.3, -0.25) is 9.69 Å². The number of aromatic nitrogens is 2. The second kappa shape index (κ2) is 6.27. The Hall–Kier alpha value is -2.21. The lowest BCUT2D eigenvalue weighted by molar-refractivity contribution is -0.143. The maximum atomic E-state index is 10.9. The fourth-order valence-corrected chi connectivity index (χ4v) is 2.75. The van der Waals surface area contributed by atoms with Crippen molar-refractivity contribution in [2.24, 2.45) is 5.92 Å². The molecule has 2 aromatic rings. The Labute approximate surface area is 128 Å². The largest absolute Gasteiger partial charge is 0.481 e. The Balaban J connectivity index is 1.62. The van der Waals surface area contributed by atoms with Crippen LogP contribution in [-0.4, -0.2) is 39.2 Å². The third-order valence-corrected chi connectivity index (χ3v) is 4.04. The number of carboxylic acid groups (broad SMARTS) is 1. The number of aryl methyl sites for hydroxylation is 1. The number of piperidine rings is 1. The summed E-state index contributed by atoms with van der Waals surface area (Å²) in [7, 11) is 0. The van der Waals surface area contributed by atoms with Gasteiger partial charge in [0.2, 0.25) is 11.7 Å². The highest BCUT2D eigenvalue weighted by Gasteiger charge is 2.25. The van der Waals surface area contributed by atoms with Gasteiger partial charge >= 0.3 is 5.97 Å². The number of hydrogen-bond donors (Lipinski definition) is 1. The van der Waals surface area contributed by atoms with Gasteiger partial charge in [0.15, 0.2) is 0 Å². The van der Waals surface area contributed by atoms with Gasteiger partial charge in [0.05, 0.1) is 12.5 Å². The molecule has 1 saturated heterocycles. The number of rotatable bonds is 4. The summed E-state index contributed by atoms with van der Waals surface area (Å²) in [5.74, 6) is 0.255. The Kier molecular flexibility index (Phi) is 4.20. The summed E-state index contributed by atoms with van der Waals surface area (Å²) < 4.78 is 5.32. The van der Waals surface area contributed by atoms with Crippen LogP contribution in [-0.2, 0) is 11.3 Å². The van der Waals surface area contributed by atoms with E-state index >= 15 is 0 Å². The van der Waals surface area contributed by atoms with Gasteiger partial charge in [0.25, 0.3) is 0 Å². The number of hydrogen-bond acceptors (Lipinski definition) is 5. The van der Waals surface area contributed by atoms with E-state index in [9.17, 15) is 4.79 Å². The summed E-state index contributed by atoms with van der Waals surface area (Å²) in [4.78, 5) is 17.5. The first kappa shape index (κ1) is 14.7. The Morgan fingerprint density at radius 1 is 1.41 bits per heavy atom. The predicted molar refractivity (Wildman–Crippen MR) is 80.1 cm³/mol. The molecule has 6 heteroatoms. The van der Waals surface area contributed by atoms with Crippen LogP contribution in [0, 0.1) is 12.8 Å². The van der Waals surface area contributed by atoms with E-state index in [-0.39, 0.29) is 5.92 Å². The molecule has 1 aromatic heterocycles. The molecule has 0 saturated carbocycles. The molecule has 22 heavy (non-hydrogen) atoms. The highest BCUT2D eigenvalue weighted by Crippen LogP contribution is 2.20. The van der Waals surface area contributed by atoms with Crippen LogP contribution in [0.3, 0.4) is 0 Å². The molecule has 0 bridgehead atoms. The molecule has 1 fully saturated rings. The number of carboxylic acids is 1. The molecule has 0 unspecified atom stereocenters. The number of nitrogens with zero attached hydrogens (tertiary/aromatic N) is 3.